The van der Waals surface area contributed by atoms with E-state index in [9.17, 15) is 4.79 Å². The molecular weight excluding hydrogens is 160 g/mol. The zero-order valence-corrected chi connectivity index (χ0v) is 8.96. The second-order valence-electron chi connectivity index (χ2n) is 4.90. The summed E-state index contributed by atoms with van der Waals surface area (Å²) in [5.41, 5.74) is 0. The summed E-state index contributed by atoms with van der Waals surface area (Å²) in [5, 5.41) is 0. The standard InChI is InChI=1S/C12H22O/c1-10(2)6-7-11-4-3-5-12(8-11)9-13/h9-12H,3-8H2,1-2H3. The molecule has 2 atom stereocenters. The first kappa shape index (κ1) is 10.7. The lowest BCUT2D eigenvalue weighted by atomic mass is 9.79. The lowest BCUT2D eigenvalue weighted by Gasteiger charge is -2.26. The van der Waals surface area contributed by atoms with Gasteiger partial charge in [0.25, 0.3) is 0 Å². The van der Waals surface area contributed by atoms with Crippen molar-refractivity contribution < 1.29 is 4.79 Å². The molecule has 0 radical (unpaired) electrons. The first-order valence-electron chi connectivity index (χ1n) is 5.67. The molecule has 0 aromatic heterocycles. The van der Waals surface area contributed by atoms with Gasteiger partial charge >= 0.3 is 0 Å². The van der Waals surface area contributed by atoms with Gasteiger partial charge in [-0.25, -0.2) is 0 Å². The van der Waals surface area contributed by atoms with Crippen molar-refractivity contribution in [3.05, 3.63) is 0 Å². The second-order valence-corrected chi connectivity index (χ2v) is 4.90. The average molecular weight is 182 g/mol. The molecule has 0 spiro atoms. The average Bonchev–Trinajstić information content (AvgIpc) is 2.15. The van der Waals surface area contributed by atoms with Gasteiger partial charge < -0.3 is 4.79 Å². The van der Waals surface area contributed by atoms with Gasteiger partial charge in [0.05, 0.1) is 0 Å². The summed E-state index contributed by atoms with van der Waals surface area (Å²) in [4.78, 5) is 10.6. The molecule has 13 heavy (non-hydrogen) atoms. The Hall–Kier alpha value is -0.330. The Bertz CT molecular complexity index is 151. The predicted octanol–water partition coefficient (Wildman–Crippen LogP) is 3.43. The summed E-state index contributed by atoms with van der Waals surface area (Å²) >= 11 is 0. The minimum absolute atomic E-state index is 0.380. The molecule has 0 aromatic rings. The van der Waals surface area contributed by atoms with Crippen LogP contribution in [0.1, 0.15) is 52.4 Å². The van der Waals surface area contributed by atoms with Crippen molar-refractivity contribution in [2.45, 2.75) is 52.4 Å². The normalized spacial score (nSPS) is 29.2. The maximum Gasteiger partial charge on any atom is 0.123 e. The molecule has 1 fully saturated rings. The first-order valence-corrected chi connectivity index (χ1v) is 5.67. The van der Waals surface area contributed by atoms with E-state index >= 15 is 0 Å². The highest BCUT2D eigenvalue weighted by Gasteiger charge is 2.21. The number of hydrogen-bond donors (Lipinski definition) is 0. The smallest absolute Gasteiger partial charge is 0.123 e. The lowest BCUT2D eigenvalue weighted by Crippen LogP contribution is -2.16. The maximum absolute atomic E-state index is 10.6. The zero-order chi connectivity index (χ0) is 9.68. The van der Waals surface area contributed by atoms with Gasteiger partial charge in [0.1, 0.15) is 6.29 Å². The fourth-order valence-corrected chi connectivity index (χ4v) is 2.29. The molecule has 0 heterocycles. The van der Waals surface area contributed by atoms with Crippen molar-refractivity contribution in [2.75, 3.05) is 0 Å². The first-order chi connectivity index (χ1) is 6.22. The molecule has 0 amide bonds. The van der Waals surface area contributed by atoms with Crippen molar-refractivity contribution in [3.63, 3.8) is 0 Å². The van der Waals surface area contributed by atoms with Crippen molar-refractivity contribution in [1.29, 1.82) is 0 Å². The van der Waals surface area contributed by atoms with Gasteiger partial charge in [-0.3, -0.25) is 0 Å². The molecule has 1 saturated carbocycles. The van der Waals surface area contributed by atoms with Gasteiger partial charge in [0.15, 0.2) is 0 Å². The van der Waals surface area contributed by atoms with Crippen LogP contribution in [-0.4, -0.2) is 6.29 Å². The summed E-state index contributed by atoms with van der Waals surface area (Å²) in [7, 11) is 0. The molecule has 0 aliphatic heterocycles. The summed E-state index contributed by atoms with van der Waals surface area (Å²) in [6, 6.07) is 0. The van der Waals surface area contributed by atoms with E-state index in [0.717, 1.165) is 24.7 Å². The third kappa shape index (κ3) is 3.93. The van der Waals surface area contributed by atoms with Crippen LogP contribution in [0.4, 0.5) is 0 Å². The minimum atomic E-state index is 0.380. The topological polar surface area (TPSA) is 17.1 Å². The number of carbonyl (C=O) groups excluding carboxylic acids is 1. The van der Waals surface area contributed by atoms with Crippen LogP contribution in [0.3, 0.4) is 0 Å². The van der Waals surface area contributed by atoms with Gasteiger partial charge in [-0.1, -0.05) is 39.5 Å². The summed E-state index contributed by atoms with van der Waals surface area (Å²) in [6.07, 6.45) is 8.76. The Morgan fingerprint density at radius 2 is 2.15 bits per heavy atom. The van der Waals surface area contributed by atoms with E-state index in [4.69, 9.17) is 0 Å². The minimum Gasteiger partial charge on any atom is -0.303 e. The zero-order valence-electron chi connectivity index (χ0n) is 8.96. The summed E-state index contributed by atoms with van der Waals surface area (Å²) in [5.74, 6) is 2.04. The molecule has 1 heteroatoms. The largest absolute Gasteiger partial charge is 0.303 e. The van der Waals surface area contributed by atoms with E-state index in [1.807, 2.05) is 0 Å². The van der Waals surface area contributed by atoms with Crippen LogP contribution in [0.15, 0.2) is 0 Å². The van der Waals surface area contributed by atoms with Crippen molar-refractivity contribution in [2.24, 2.45) is 17.8 Å². The Kier molecular flexibility index (Phi) is 4.47. The number of carbonyl (C=O) groups is 1. The van der Waals surface area contributed by atoms with E-state index < -0.39 is 0 Å². The van der Waals surface area contributed by atoms with Gasteiger partial charge in [-0.15, -0.1) is 0 Å². The van der Waals surface area contributed by atoms with Crippen molar-refractivity contribution >= 4 is 6.29 Å². The van der Waals surface area contributed by atoms with Gasteiger partial charge in [-0.05, 0) is 24.7 Å². The molecule has 0 aromatic carbocycles. The van der Waals surface area contributed by atoms with E-state index in [1.165, 1.54) is 32.0 Å². The number of rotatable bonds is 4. The quantitative estimate of drug-likeness (QED) is 0.609. The molecular formula is C12H22O. The third-order valence-electron chi connectivity index (χ3n) is 3.17. The highest BCUT2D eigenvalue weighted by atomic mass is 16.1. The van der Waals surface area contributed by atoms with Crippen LogP contribution in [0.5, 0.6) is 0 Å². The van der Waals surface area contributed by atoms with E-state index in [1.54, 1.807) is 0 Å². The van der Waals surface area contributed by atoms with E-state index in [0.29, 0.717) is 5.92 Å². The van der Waals surface area contributed by atoms with E-state index in [-0.39, 0.29) is 0 Å². The van der Waals surface area contributed by atoms with Crippen molar-refractivity contribution in [3.8, 4) is 0 Å². The van der Waals surface area contributed by atoms with Crippen molar-refractivity contribution in [1.82, 2.24) is 0 Å². The van der Waals surface area contributed by atoms with Crippen LogP contribution in [-0.2, 0) is 4.79 Å². The van der Waals surface area contributed by atoms with Crippen LogP contribution in [0.2, 0.25) is 0 Å². The fourth-order valence-electron chi connectivity index (χ4n) is 2.29. The Morgan fingerprint density at radius 1 is 1.38 bits per heavy atom. The Morgan fingerprint density at radius 3 is 2.77 bits per heavy atom. The molecule has 0 saturated heterocycles. The molecule has 1 aliphatic rings. The molecule has 1 rings (SSSR count). The number of aldehydes is 1. The number of hydrogen-bond acceptors (Lipinski definition) is 1. The van der Waals surface area contributed by atoms with Crippen LogP contribution < -0.4 is 0 Å². The lowest BCUT2D eigenvalue weighted by molar-refractivity contribution is -0.112. The second kappa shape index (κ2) is 5.41. The van der Waals surface area contributed by atoms with Gasteiger partial charge in [0.2, 0.25) is 0 Å². The molecule has 76 valence electrons. The highest BCUT2D eigenvalue weighted by molar-refractivity contribution is 5.53. The molecule has 1 nitrogen and oxygen atoms in total. The fraction of sp³-hybridized carbons (Fsp3) is 0.917. The Balaban J connectivity index is 2.21. The van der Waals surface area contributed by atoms with Gasteiger partial charge in [0, 0.05) is 5.92 Å². The van der Waals surface area contributed by atoms with Crippen LogP contribution in [0, 0.1) is 17.8 Å². The van der Waals surface area contributed by atoms with Crippen LogP contribution >= 0.6 is 0 Å². The SMILES string of the molecule is CC(C)CCC1CCCC(C=O)C1. The highest BCUT2D eigenvalue weighted by Crippen LogP contribution is 2.31. The molecule has 1 aliphatic carbocycles. The Labute approximate surface area is 81.9 Å². The van der Waals surface area contributed by atoms with E-state index in [2.05, 4.69) is 13.8 Å². The molecule has 2 unspecified atom stereocenters. The van der Waals surface area contributed by atoms with Crippen LogP contribution in [0.25, 0.3) is 0 Å². The molecule has 0 bridgehead atoms. The maximum atomic E-state index is 10.6. The summed E-state index contributed by atoms with van der Waals surface area (Å²) < 4.78 is 0. The molecule has 0 N–H and O–H groups in total. The predicted molar refractivity (Wildman–Crippen MR) is 55.6 cm³/mol. The monoisotopic (exact) mass is 182 g/mol. The van der Waals surface area contributed by atoms with Gasteiger partial charge in [-0.2, -0.15) is 0 Å². The summed E-state index contributed by atoms with van der Waals surface area (Å²) in [6.45, 7) is 4.56. The third-order valence-corrected chi connectivity index (χ3v) is 3.17.